The second-order valence-electron chi connectivity index (χ2n) is 5.56. The number of fused-ring (bicyclic) bond motifs is 1. The van der Waals surface area contributed by atoms with Crippen molar-refractivity contribution in [3.05, 3.63) is 28.7 Å². The molecular formula is C14H16ClN3O3. The van der Waals surface area contributed by atoms with Crippen LogP contribution in [0, 0.1) is 5.92 Å². The van der Waals surface area contributed by atoms with Gasteiger partial charge in [0.05, 0.1) is 28.7 Å². The summed E-state index contributed by atoms with van der Waals surface area (Å²) >= 11 is 6.11. The lowest BCUT2D eigenvalue weighted by Crippen LogP contribution is -2.18. The molecule has 112 valence electrons. The predicted octanol–water partition coefficient (Wildman–Crippen LogP) is 2.61. The molecule has 2 aromatic rings. The van der Waals surface area contributed by atoms with E-state index >= 15 is 0 Å². The van der Waals surface area contributed by atoms with Gasteiger partial charge in [0.1, 0.15) is 5.82 Å². The van der Waals surface area contributed by atoms with Gasteiger partial charge in [0.15, 0.2) is 5.65 Å². The number of nitrogens with zero attached hydrogens (tertiary/aromatic N) is 3. The Hall–Kier alpha value is -1.66. The average molecular weight is 310 g/mol. The third-order valence-corrected chi connectivity index (χ3v) is 4.55. The van der Waals surface area contributed by atoms with E-state index in [1.54, 1.807) is 4.40 Å². The molecule has 0 aromatic carbocycles. The van der Waals surface area contributed by atoms with Crippen molar-refractivity contribution in [2.45, 2.75) is 38.9 Å². The number of aromatic carboxylic acids is 1. The highest BCUT2D eigenvalue weighted by Crippen LogP contribution is 2.39. The lowest BCUT2D eigenvalue weighted by Gasteiger charge is -2.16. The van der Waals surface area contributed by atoms with Crippen LogP contribution >= 0.6 is 11.6 Å². The third-order valence-electron chi connectivity index (χ3n) is 4.27. The smallest absolute Gasteiger partial charge is 0.337 e. The highest BCUT2D eigenvalue weighted by atomic mass is 35.5. The van der Waals surface area contributed by atoms with E-state index < -0.39 is 5.97 Å². The van der Waals surface area contributed by atoms with Crippen LogP contribution in [-0.2, 0) is 4.74 Å². The van der Waals surface area contributed by atoms with Gasteiger partial charge in [0, 0.05) is 6.20 Å². The Morgan fingerprint density at radius 2 is 2.05 bits per heavy atom. The zero-order valence-electron chi connectivity index (χ0n) is 11.9. The fraction of sp³-hybridized carbons (Fsp3) is 0.500. The molecule has 3 rings (SSSR count). The van der Waals surface area contributed by atoms with Gasteiger partial charge in [-0.1, -0.05) is 18.5 Å². The van der Waals surface area contributed by atoms with Gasteiger partial charge in [0.2, 0.25) is 0 Å². The summed E-state index contributed by atoms with van der Waals surface area (Å²) in [5.74, 6) is -0.0234. The van der Waals surface area contributed by atoms with Crippen LogP contribution in [0.2, 0.25) is 5.02 Å². The number of carboxylic acid groups (broad SMARTS) is 1. The molecule has 1 aliphatic heterocycles. The molecule has 1 N–H and O–H groups in total. The van der Waals surface area contributed by atoms with Gasteiger partial charge < -0.3 is 9.84 Å². The van der Waals surface area contributed by atoms with Crippen molar-refractivity contribution >= 4 is 23.2 Å². The quantitative estimate of drug-likeness (QED) is 0.922. The summed E-state index contributed by atoms with van der Waals surface area (Å²) in [5.41, 5.74) is 0.580. The lowest BCUT2D eigenvalue weighted by molar-refractivity contribution is 0.0553. The molecule has 0 saturated carbocycles. The zero-order chi connectivity index (χ0) is 15.3. The SMILES string of the molecule is CC1OC(C)C(c2nnc3c(Cl)cc(C(=O)O)cn23)C1C. The molecule has 0 radical (unpaired) electrons. The fourth-order valence-electron chi connectivity index (χ4n) is 3.03. The van der Waals surface area contributed by atoms with Gasteiger partial charge in [0.25, 0.3) is 0 Å². The number of hydrogen-bond acceptors (Lipinski definition) is 4. The summed E-state index contributed by atoms with van der Waals surface area (Å²) in [6.07, 6.45) is 1.63. The first-order valence-electron chi connectivity index (χ1n) is 6.83. The van der Waals surface area contributed by atoms with Crippen LogP contribution < -0.4 is 0 Å². The molecule has 4 atom stereocenters. The Balaban J connectivity index is 2.17. The van der Waals surface area contributed by atoms with Crippen LogP contribution in [0.1, 0.15) is 42.9 Å². The first kappa shape index (κ1) is 14.3. The maximum absolute atomic E-state index is 11.2. The summed E-state index contributed by atoms with van der Waals surface area (Å²) in [7, 11) is 0. The van der Waals surface area contributed by atoms with Crippen molar-refractivity contribution in [1.29, 1.82) is 0 Å². The molecule has 1 saturated heterocycles. The largest absolute Gasteiger partial charge is 0.478 e. The summed E-state index contributed by atoms with van der Waals surface area (Å²) in [5, 5.41) is 17.8. The van der Waals surface area contributed by atoms with E-state index in [4.69, 9.17) is 16.3 Å². The predicted molar refractivity (Wildman–Crippen MR) is 76.9 cm³/mol. The fourth-order valence-corrected chi connectivity index (χ4v) is 3.27. The molecule has 1 aliphatic rings. The standard InChI is InChI=1S/C14H16ClN3O3/c1-6-7(2)21-8(3)11(6)13-17-16-12-10(15)4-9(14(19)20)5-18(12)13/h4-8,11H,1-3H3,(H,19,20). The van der Waals surface area contributed by atoms with Crippen LogP contribution in [0.4, 0.5) is 0 Å². The number of halogens is 1. The van der Waals surface area contributed by atoms with Crippen molar-refractivity contribution < 1.29 is 14.6 Å². The van der Waals surface area contributed by atoms with E-state index in [1.165, 1.54) is 12.3 Å². The molecule has 4 unspecified atom stereocenters. The minimum Gasteiger partial charge on any atom is -0.478 e. The maximum Gasteiger partial charge on any atom is 0.337 e. The molecule has 1 fully saturated rings. The zero-order valence-corrected chi connectivity index (χ0v) is 12.7. The van der Waals surface area contributed by atoms with E-state index in [0.717, 1.165) is 0 Å². The monoisotopic (exact) mass is 309 g/mol. The van der Waals surface area contributed by atoms with Gasteiger partial charge in [-0.05, 0) is 25.8 Å². The van der Waals surface area contributed by atoms with E-state index in [-0.39, 0.29) is 34.6 Å². The maximum atomic E-state index is 11.2. The minimum atomic E-state index is -1.03. The van der Waals surface area contributed by atoms with Gasteiger partial charge in [-0.25, -0.2) is 4.79 Å². The van der Waals surface area contributed by atoms with E-state index in [0.29, 0.717) is 11.5 Å². The van der Waals surface area contributed by atoms with Gasteiger partial charge in [-0.2, -0.15) is 0 Å². The number of aromatic nitrogens is 3. The minimum absolute atomic E-state index is 0.00494. The molecule has 6 nitrogen and oxygen atoms in total. The van der Waals surface area contributed by atoms with Crippen LogP contribution in [0.3, 0.4) is 0 Å². The van der Waals surface area contributed by atoms with Crippen LogP contribution in [-0.4, -0.2) is 37.9 Å². The lowest BCUT2D eigenvalue weighted by atomic mass is 9.89. The molecule has 0 spiro atoms. The van der Waals surface area contributed by atoms with Crippen molar-refractivity contribution in [3.8, 4) is 0 Å². The average Bonchev–Trinajstić information content (AvgIpc) is 2.92. The van der Waals surface area contributed by atoms with Crippen LogP contribution in [0.5, 0.6) is 0 Å². The highest BCUT2D eigenvalue weighted by Gasteiger charge is 2.40. The number of pyridine rings is 1. The van der Waals surface area contributed by atoms with E-state index in [1.807, 2.05) is 13.8 Å². The first-order valence-corrected chi connectivity index (χ1v) is 7.21. The number of carbonyl (C=O) groups is 1. The molecule has 21 heavy (non-hydrogen) atoms. The van der Waals surface area contributed by atoms with Gasteiger partial charge >= 0.3 is 5.97 Å². The van der Waals surface area contributed by atoms with E-state index in [2.05, 4.69) is 17.1 Å². The molecular weight excluding hydrogens is 294 g/mol. The molecule has 3 heterocycles. The number of carboxylic acids is 1. The summed E-state index contributed by atoms with van der Waals surface area (Å²) < 4.78 is 7.51. The Bertz CT molecular complexity index is 715. The van der Waals surface area contributed by atoms with Crippen molar-refractivity contribution in [2.75, 3.05) is 0 Å². The van der Waals surface area contributed by atoms with E-state index in [9.17, 15) is 9.90 Å². The normalized spacial score (nSPS) is 29.1. The van der Waals surface area contributed by atoms with Gasteiger partial charge in [-0.3, -0.25) is 4.40 Å². The topological polar surface area (TPSA) is 76.7 Å². The van der Waals surface area contributed by atoms with Crippen molar-refractivity contribution in [1.82, 2.24) is 14.6 Å². The second-order valence-corrected chi connectivity index (χ2v) is 5.97. The van der Waals surface area contributed by atoms with Crippen molar-refractivity contribution in [3.63, 3.8) is 0 Å². The first-order chi connectivity index (χ1) is 9.90. The molecule has 7 heteroatoms. The van der Waals surface area contributed by atoms with Gasteiger partial charge in [-0.15, -0.1) is 10.2 Å². The summed E-state index contributed by atoms with van der Waals surface area (Å²) in [4.78, 5) is 11.2. The number of rotatable bonds is 2. The Morgan fingerprint density at radius 1 is 1.33 bits per heavy atom. The third kappa shape index (κ3) is 2.18. The van der Waals surface area contributed by atoms with Crippen LogP contribution in [0.15, 0.2) is 12.3 Å². The molecule has 0 amide bonds. The number of hydrogen-bond donors (Lipinski definition) is 1. The summed E-state index contributed by atoms with van der Waals surface area (Å²) in [6.45, 7) is 6.12. The Kier molecular flexibility index (Phi) is 3.37. The molecule has 0 aliphatic carbocycles. The molecule has 2 aromatic heterocycles. The highest BCUT2D eigenvalue weighted by molar-refractivity contribution is 6.33. The second kappa shape index (κ2) is 4.96. The number of ether oxygens (including phenoxy) is 1. The molecule has 0 bridgehead atoms. The van der Waals surface area contributed by atoms with Crippen molar-refractivity contribution in [2.24, 2.45) is 5.92 Å². The Labute approximate surface area is 126 Å². The Morgan fingerprint density at radius 3 is 2.62 bits per heavy atom. The summed E-state index contributed by atoms with van der Waals surface area (Å²) in [6, 6.07) is 1.39. The van der Waals surface area contributed by atoms with Crippen LogP contribution in [0.25, 0.3) is 5.65 Å².